The molecule has 4 heteroatoms. The summed E-state index contributed by atoms with van der Waals surface area (Å²) in [7, 11) is 1.64. The molecule has 0 atom stereocenters. The van der Waals surface area contributed by atoms with E-state index in [-0.39, 0.29) is 5.97 Å². The molecular formula is C11H23NO3. The van der Waals surface area contributed by atoms with Crippen molar-refractivity contribution in [3.05, 3.63) is 0 Å². The summed E-state index contributed by atoms with van der Waals surface area (Å²) in [5.74, 6) is -0.161. The summed E-state index contributed by atoms with van der Waals surface area (Å²) in [6, 6.07) is 0. The maximum atomic E-state index is 11.8. The van der Waals surface area contributed by atoms with E-state index in [1.165, 1.54) is 0 Å². The van der Waals surface area contributed by atoms with Gasteiger partial charge in [0.1, 0.15) is 5.54 Å². The molecule has 90 valence electrons. The second-order valence-electron chi connectivity index (χ2n) is 3.43. The van der Waals surface area contributed by atoms with Crippen LogP contribution in [0, 0.1) is 0 Å². The molecule has 0 aliphatic rings. The molecule has 1 N–H and O–H groups in total. The van der Waals surface area contributed by atoms with Crippen molar-refractivity contribution in [1.29, 1.82) is 0 Å². The Morgan fingerprint density at radius 3 is 2.27 bits per heavy atom. The molecule has 0 aromatic rings. The van der Waals surface area contributed by atoms with Crippen molar-refractivity contribution < 1.29 is 14.3 Å². The molecule has 0 saturated carbocycles. The van der Waals surface area contributed by atoms with Crippen molar-refractivity contribution >= 4 is 5.97 Å². The zero-order valence-corrected chi connectivity index (χ0v) is 10.3. The van der Waals surface area contributed by atoms with Crippen LogP contribution >= 0.6 is 0 Å². The lowest BCUT2D eigenvalue weighted by Gasteiger charge is -2.30. The molecule has 0 spiro atoms. The van der Waals surface area contributed by atoms with Crippen LogP contribution in [-0.2, 0) is 14.3 Å². The van der Waals surface area contributed by atoms with Gasteiger partial charge in [0.2, 0.25) is 0 Å². The van der Waals surface area contributed by atoms with E-state index >= 15 is 0 Å². The van der Waals surface area contributed by atoms with Crippen LogP contribution < -0.4 is 5.32 Å². The third-order valence-electron chi connectivity index (χ3n) is 2.64. The number of carbonyl (C=O) groups is 1. The van der Waals surface area contributed by atoms with Gasteiger partial charge in [0.15, 0.2) is 0 Å². The average molecular weight is 217 g/mol. The van der Waals surface area contributed by atoms with Crippen molar-refractivity contribution in [1.82, 2.24) is 5.32 Å². The topological polar surface area (TPSA) is 47.6 Å². The van der Waals surface area contributed by atoms with E-state index in [4.69, 9.17) is 9.47 Å². The van der Waals surface area contributed by atoms with Gasteiger partial charge >= 0.3 is 5.97 Å². The second-order valence-corrected chi connectivity index (χ2v) is 3.43. The average Bonchev–Trinajstić information content (AvgIpc) is 2.25. The van der Waals surface area contributed by atoms with E-state index in [2.05, 4.69) is 5.32 Å². The number of hydrogen-bond acceptors (Lipinski definition) is 4. The summed E-state index contributed by atoms with van der Waals surface area (Å²) in [6.07, 6.45) is 1.46. The minimum Gasteiger partial charge on any atom is -0.465 e. The third kappa shape index (κ3) is 4.18. The van der Waals surface area contributed by atoms with Gasteiger partial charge in [0, 0.05) is 13.7 Å². The van der Waals surface area contributed by atoms with Gasteiger partial charge in [-0.15, -0.1) is 0 Å². The zero-order chi connectivity index (χ0) is 11.7. The van der Waals surface area contributed by atoms with Gasteiger partial charge in [0.05, 0.1) is 13.2 Å². The van der Waals surface area contributed by atoms with Gasteiger partial charge in [-0.3, -0.25) is 10.1 Å². The predicted molar refractivity (Wildman–Crippen MR) is 59.8 cm³/mol. The summed E-state index contributed by atoms with van der Waals surface area (Å²) in [5, 5.41) is 3.22. The van der Waals surface area contributed by atoms with Gasteiger partial charge < -0.3 is 9.47 Å². The fourth-order valence-corrected chi connectivity index (χ4v) is 1.52. The maximum Gasteiger partial charge on any atom is 0.326 e. The lowest BCUT2D eigenvalue weighted by atomic mass is 9.93. The number of carbonyl (C=O) groups excluding carboxylic acids is 1. The Balaban J connectivity index is 4.35. The highest BCUT2D eigenvalue weighted by atomic mass is 16.5. The molecule has 0 aliphatic carbocycles. The number of esters is 1. The van der Waals surface area contributed by atoms with E-state index in [0.29, 0.717) is 19.8 Å². The molecule has 0 unspecified atom stereocenters. The summed E-state index contributed by atoms with van der Waals surface area (Å²) in [4.78, 5) is 11.8. The Labute approximate surface area is 92.3 Å². The van der Waals surface area contributed by atoms with Crippen LogP contribution in [0.15, 0.2) is 0 Å². The highest BCUT2D eigenvalue weighted by molar-refractivity contribution is 5.80. The number of ether oxygens (including phenoxy) is 2. The fraction of sp³-hybridized carbons (Fsp3) is 0.909. The highest BCUT2D eigenvalue weighted by Crippen LogP contribution is 2.16. The monoisotopic (exact) mass is 217 g/mol. The quantitative estimate of drug-likeness (QED) is 0.492. The zero-order valence-electron chi connectivity index (χ0n) is 10.3. The van der Waals surface area contributed by atoms with Crippen molar-refractivity contribution in [2.24, 2.45) is 0 Å². The van der Waals surface area contributed by atoms with Crippen molar-refractivity contribution in [2.45, 2.75) is 39.2 Å². The molecule has 4 nitrogen and oxygen atoms in total. The molecule has 0 bridgehead atoms. The van der Waals surface area contributed by atoms with E-state index in [1.54, 1.807) is 7.11 Å². The predicted octanol–water partition coefficient (Wildman–Crippen LogP) is 1.34. The van der Waals surface area contributed by atoms with Gasteiger partial charge in [-0.05, 0) is 19.8 Å². The van der Waals surface area contributed by atoms with Crippen LogP contribution in [0.2, 0.25) is 0 Å². The number of nitrogens with one attached hydrogen (secondary N) is 1. The first-order valence-electron chi connectivity index (χ1n) is 5.58. The SMILES string of the molecule is CCOC(=O)C(CC)(CC)NCCOC. The normalized spacial score (nSPS) is 11.5. The highest BCUT2D eigenvalue weighted by Gasteiger charge is 2.35. The molecule has 0 aromatic heterocycles. The van der Waals surface area contributed by atoms with E-state index in [1.807, 2.05) is 20.8 Å². The first-order valence-corrected chi connectivity index (χ1v) is 5.58. The lowest BCUT2D eigenvalue weighted by Crippen LogP contribution is -2.53. The number of rotatable bonds is 8. The van der Waals surface area contributed by atoms with Crippen molar-refractivity contribution in [3.8, 4) is 0 Å². The van der Waals surface area contributed by atoms with Crippen LogP contribution in [0.3, 0.4) is 0 Å². The van der Waals surface area contributed by atoms with Crippen molar-refractivity contribution in [3.63, 3.8) is 0 Å². The Morgan fingerprint density at radius 1 is 1.27 bits per heavy atom. The minimum absolute atomic E-state index is 0.161. The molecule has 0 aliphatic heterocycles. The van der Waals surface area contributed by atoms with Gasteiger partial charge in [-0.25, -0.2) is 0 Å². The molecule has 0 saturated heterocycles. The molecule has 15 heavy (non-hydrogen) atoms. The van der Waals surface area contributed by atoms with E-state index in [9.17, 15) is 4.79 Å². The number of hydrogen-bond donors (Lipinski definition) is 1. The molecule has 0 radical (unpaired) electrons. The smallest absolute Gasteiger partial charge is 0.326 e. The van der Waals surface area contributed by atoms with Gasteiger partial charge in [-0.1, -0.05) is 13.8 Å². The Morgan fingerprint density at radius 2 is 1.87 bits per heavy atom. The Hall–Kier alpha value is -0.610. The largest absolute Gasteiger partial charge is 0.465 e. The second kappa shape index (κ2) is 7.65. The molecule has 0 amide bonds. The van der Waals surface area contributed by atoms with Crippen molar-refractivity contribution in [2.75, 3.05) is 26.9 Å². The first kappa shape index (κ1) is 14.4. The summed E-state index contributed by atoms with van der Waals surface area (Å²) >= 11 is 0. The number of methoxy groups -OCH3 is 1. The van der Waals surface area contributed by atoms with Crippen LogP contribution in [0.25, 0.3) is 0 Å². The summed E-state index contributed by atoms with van der Waals surface area (Å²) in [5.41, 5.74) is -0.547. The summed E-state index contributed by atoms with van der Waals surface area (Å²) in [6.45, 7) is 7.48. The third-order valence-corrected chi connectivity index (χ3v) is 2.64. The van der Waals surface area contributed by atoms with Crippen LogP contribution in [0.1, 0.15) is 33.6 Å². The van der Waals surface area contributed by atoms with Gasteiger partial charge in [-0.2, -0.15) is 0 Å². The Kier molecular flexibility index (Phi) is 7.34. The van der Waals surface area contributed by atoms with Crippen LogP contribution in [0.4, 0.5) is 0 Å². The molecule has 0 aromatic carbocycles. The fourth-order valence-electron chi connectivity index (χ4n) is 1.52. The summed E-state index contributed by atoms with van der Waals surface area (Å²) < 4.78 is 10.0. The molecule has 0 heterocycles. The molecule has 0 fully saturated rings. The molecular weight excluding hydrogens is 194 g/mol. The maximum absolute atomic E-state index is 11.8. The van der Waals surface area contributed by atoms with Gasteiger partial charge in [0.25, 0.3) is 0 Å². The van der Waals surface area contributed by atoms with Crippen LogP contribution in [-0.4, -0.2) is 38.4 Å². The van der Waals surface area contributed by atoms with Crippen LogP contribution in [0.5, 0.6) is 0 Å². The Bertz CT molecular complexity index is 179. The molecule has 0 rings (SSSR count). The van der Waals surface area contributed by atoms with E-state index in [0.717, 1.165) is 12.8 Å². The first-order chi connectivity index (χ1) is 7.16. The standard InChI is InChI=1S/C11H23NO3/c1-5-11(6-2,10(13)15-7-3)12-8-9-14-4/h12H,5-9H2,1-4H3. The lowest BCUT2D eigenvalue weighted by molar-refractivity contribution is -0.151. The van der Waals surface area contributed by atoms with E-state index < -0.39 is 5.54 Å². The minimum atomic E-state index is -0.547.